The van der Waals surface area contributed by atoms with Gasteiger partial charge in [-0.05, 0) is 13.0 Å². The molecule has 8 heteroatoms. The van der Waals surface area contributed by atoms with Crippen molar-refractivity contribution >= 4 is 17.1 Å². The molecule has 0 amide bonds. The molecular formula is C12H15N7O. The number of imidazole rings is 1. The van der Waals surface area contributed by atoms with E-state index in [2.05, 4.69) is 20.2 Å². The Hall–Kier alpha value is -2.64. The summed E-state index contributed by atoms with van der Waals surface area (Å²) in [6, 6.07) is 3.45. The van der Waals surface area contributed by atoms with Crippen molar-refractivity contribution in [3.05, 3.63) is 24.3 Å². The number of anilines is 1. The van der Waals surface area contributed by atoms with Crippen LogP contribution in [0.2, 0.25) is 0 Å². The maximum Gasteiger partial charge on any atom is 0.215 e. The Labute approximate surface area is 115 Å². The highest BCUT2D eigenvalue weighted by Gasteiger charge is 2.20. The third-order valence-corrected chi connectivity index (χ3v) is 3.26. The molecule has 3 rings (SSSR count). The molecule has 2 N–H and O–H groups in total. The highest BCUT2D eigenvalue weighted by atomic mass is 16.5. The summed E-state index contributed by atoms with van der Waals surface area (Å²) in [5.41, 5.74) is 7.40. The molecule has 0 bridgehead atoms. The Kier molecular flexibility index (Phi) is 2.78. The maximum absolute atomic E-state index is 6.02. The van der Waals surface area contributed by atoms with Crippen molar-refractivity contribution in [1.82, 2.24) is 29.3 Å². The number of hydrogen-bond acceptors (Lipinski definition) is 6. The molecule has 0 fully saturated rings. The largest absolute Gasteiger partial charge is 0.481 e. The minimum Gasteiger partial charge on any atom is -0.481 e. The van der Waals surface area contributed by atoms with E-state index in [0.717, 1.165) is 11.3 Å². The summed E-state index contributed by atoms with van der Waals surface area (Å²) in [6.45, 7) is 1.97. The van der Waals surface area contributed by atoms with Crippen LogP contribution in [-0.2, 0) is 7.05 Å². The van der Waals surface area contributed by atoms with E-state index in [4.69, 9.17) is 10.5 Å². The van der Waals surface area contributed by atoms with Crippen LogP contribution < -0.4 is 10.5 Å². The number of rotatable bonds is 3. The molecule has 0 aliphatic rings. The predicted molar refractivity (Wildman–Crippen MR) is 73.3 cm³/mol. The molecule has 0 aliphatic heterocycles. The normalized spacial score (nSPS) is 12.8. The molecule has 0 saturated heterocycles. The van der Waals surface area contributed by atoms with Gasteiger partial charge in [0.05, 0.1) is 13.2 Å². The summed E-state index contributed by atoms with van der Waals surface area (Å²) in [5.74, 6) is 1.68. The zero-order valence-corrected chi connectivity index (χ0v) is 11.5. The number of nitrogen functional groups attached to an aromatic ring is 1. The van der Waals surface area contributed by atoms with Crippen LogP contribution in [0.1, 0.15) is 18.8 Å². The number of fused-ring (bicyclic) bond motifs is 1. The fourth-order valence-corrected chi connectivity index (χ4v) is 2.26. The second-order valence-corrected chi connectivity index (χ2v) is 4.51. The molecular weight excluding hydrogens is 258 g/mol. The molecule has 1 atom stereocenters. The quantitative estimate of drug-likeness (QED) is 0.756. The van der Waals surface area contributed by atoms with E-state index in [-0.39, 0.29) is 6.04 Å². The first-order valence-electron chi connectivity index (χ1n) is 6.14. The number of aromatic nitrogens is 6. The third kappa shape index (κ3) is 1.77. The fraction of sp³-hybridized carbons (Fsp3) is 0.333. The number of methoxy groups -OCH3 is 1. The van der Waals surface area contributed by atoms with Gasteiger partial charge in [-0.25, -0.2) is 4.98 Å². The second kappa shape index (κ2) is 4.48. The van der Waals surface area contributed by atoms with Gasteiger partial charge >= 0.3 is 0 Å². The van der Waals surface area contributed by atoms with Crippen molar-refractivity contribution in [1.29, 1.82) is 0 Å². The van der Waals surface area contributed by atoms with Gasteiger partial charge in [0.2, 0.25) is 11.8 Å². The summed E-state index contributed by atoms with van der Waals surface area (Å²) in [6.07, 6.45) is 1.65. The second-order valence-electron chi connectivity index (χ2n) is 4.51. The molecule has 0 aliphatic carbocycles. The van der Waals surface area contributed by atoms with E-state index in [1.807, 2.05) is 29.2 Å². The van der Waals surface area contributed by atoms with E-state index in [9.17, 15) is 0 Å². The lowest BCUT2D eigenvalue weighted by molar-refractivity contribution is 0.398. The van der Waals surface area contributed by atoms with Gasteiger partial charge in [0.1, 0.15) is 11.8 Å². The number of nitrogens with zero attached hydrogens (tertiary/aromatic N) is 6. The van der Waals surface area contributed by atoms with Gasteiger partial charge in [0, 0.05) is 13.1 Å². The monoisotopic (exact) mass is 273 g/mol. The van der Waals surface area contributed by atoms with Crippen LogP contribution >= 0.6 is 0 Å². The number of aryl methyl sites for hydroxylation is 1. The SMILES string of the molecule is COc1ccc2nc(N)n(C(C)c3nncn3C)c2n1. The number of hydrogen-bond donors (Lipinski definition) is 1. The molecule has 3 aromatic rings. The highest BCUT2D eigenvalue weighted by Crippen LogP contribution is 2.26. The summed E-state index contributed by atoms with van der Waals surface area (Å²) in [5, 5.41) is 8.00. The minimum absolute atomic E-state index is 0.132. The lowest BCUT2D eigenvalue weighted by Gasteiger charge is -2.14. The van der Waals surface area contributed by atoms with Crippen LogP contribution in [0, 0.1) is 0 Å². The highest BCUT2D eigenvalue weighted by molar-refractivity contribution is 5.75. The van der Waals surface area contributed by atoms with Gasteiger partial charge in [0.15, 0.2) is 11.5 Å². The lowest BCUT2D eigenvalue weighted by Crippen LogP contribution is -2.14. The smallest absolute Gasteiger partial charge is 0.215 e. The van der Waals surface area contributed by atoms with Crippen molar-refractivity contribution < 1.29 is 4.74 Å². The Balaban J connectivity index is 2.19. The lowest BCUT2D eigenvalue weighted by atomic mass is 10.3. The topological polar surface area (TPSA) is 96.7 Å². The van der Waals surface area contributed by atoms with Crippen LogP contribution in [0.4, 0.5) is 5.95 Å². The molecule has 104 valence electrons. The molecule has 0 saturated carbocycles. The summed E-state index contributed by atoms with van der Waals surface area (Å²) >= 11 is 0. The van der Waals surface area contributed by atoms with Gasteiger partial charge in [-0.1, -0.05) is 0 Å². The van der Waals surface area contributed by atoms with Crippen LogP contribution in [0.15, 0.2) is 18.5 Å². The number of nitrogens with two attached hydrogens (primary N) is 1. The molecule has 0 aromatic carbocycles. The molecule has 3 heterocycles. The standard InChI is InChI=1S/C12H15N7O/c1-7(10-17-14-6-18(10)2)19-11-8(15-12(19)13)4-5-9(16-11)20-3/h4-7H,1-3H3,(H2,13,15). The molecule has 0 spiro atoms. The Morgan fingerprint density at radius 2 is 2.10 bits per heavy atom. The molecule has 0 radical (unpaired) electrons. The van der Waals surface area contributed by atoms with Gasteiger partial charge in [-0.15, -0.1) is 10.2 Å². The van der Waals surface area contributed by atoms with Crippen molar-refractivity contribution in [2.45, 2.75) is 13.0 Å². The van der Waals surface area contributed by atoms with Crippen molar-refractivity contribution in [3.8, 4) is 5.88 Å². The zero-order chi connectivity index (χ0) is 14.3. The number of pyridine rings is 1. The number of ether oxygens (including phenoxy) is 1. The van der Waals surface area contributed by atoms with E-state index < -0.39 is 0 Å². The molecule has 1 unspecified atom stereocenters. The molecule has 8 nitrogen and oxygen atoms in total. The zero-order valence-electron chi connectivity index (χ0n) is 11.5. The first kappa shape index (κ1) is 12.4. The van der Waals surface area contributed by atoms with Crippen LogP contribution in [0.25, 0.3) is 11.2 Å². The van der Waals surface area contributed by atoms with E-state index in [1.165, 1.54) is 0 Å². The van der Waals surface area contributed by atoms with Gasteiger partial charge < -0.3 is 15.0 Å². The van der Waals surface area contributed by atoms with Crippen molar-refractivity contribution in [2.24, 2.45) is 7.05 Å². The first-order valence-corrected chi connectivity index (χ1v) is 6.14. The average molecular weight is 273 g/mol. The van der Waals surface area contributed by atoms with Crippen LogP contribution in [0.3, 0.4) is 0 Å². The van der Waals surface area contributed by atoms with Gasteiger partial charge in [-0.3, -0.25) is 4.57 Å². The van der Waals surface area contributed by atoms with Crippen molar-refractivity contribution in [3.63, 3.8) is 0 Å². The van der Waals surface area contributed by atoms with Gasteiger partial charge in [-0.2, -0.15) is 4.98 Å². The predicted octanol–water partition coefficient (Wildman–Crippen LogP) is 0.760. The maximum atomic E-state index is 6.02. The summed E-state index contributed by atoms with van der Waals surface area (Å²) in [7, 11) is 3.46. The van der Waals surface area contributed by atoms with E-state index >= 15 is 0 Å². The fourth-order valence-electron chi connectivity index (χ4n) is 2.26. The third-order valence-electron chi connectivity index (χ3n) is 3.26. The first-order chi connectivity index (χ1) is 9.61. The van der Waals surface area contributed by atoms with Gasteiger partial charge in [0.25, 0.3) is 0 Å². The van der Waals surface area contributed by atoms with E-state index in [1.54, 1.807) is 19.5 Å². The Morgan fingerprint density at radius 3 is 2.75 bits per heavy atom. The Morgan fingerprint density at radius 1 is 1.30 bits per heavy atom. The van der Waals surface area contributed by atoms with Crippen LogP contribution in [0.5, 0.6) is 5.88 Å². The minimum atomic E-state index is -0.132. The van der Waals surface area contributed by atoms with Crippen LogP contribution in [-0.4, -0.2) is 36.4 Å². The van der Waals surface area contributed by atoms with Crippen molar-refractivity contribution in [2.75, 3.05) is 12.8 Å². The molecule has 20 heavy (non-hydrogen) atoms. The molecule has 3 aromatic heterocycles. The Bertz CT molecular complexity index is 760. The summed E-state index contributed by atoms with van der Waals surface area (Å²) < 4.78 is 8.82. The average Bonchev–Trinajstić information content (AvgIpc) is 2.99. The van der Waals surface area contributed by atoms with E-state index in [0.29, 0.717) is 17.5 Å². The summed E-state index contributed by atoms with van der Waals surface area (Å²) in [4.78, 5) is 8.73.